The molecule has 2 aromatic heterocycles. The van der Waals surface area contributed by atoms with Crippen LogP contribution in [0.15, 0.2) is 24.5 Å². The Morgan fingerprint density at radius 3 is 2.62 bits per heavy atom. The molecule has 3 rings (SSSR count). The van der Waals surface area contributed by atoms with Gasteiger partial charge in [0.2, 0.25) is 17.7 Å². The number of ether oxygens (including phenoxy) is 2. The van der Waals surface area contributed by atoms with E-state index in [0.29, 0.717) is 10.2 Å². The summed E-state index contributed by atoms with van der Waals surface area (Å²) in [5, 5.41) is 2.54. The van der Waals surface area contributed by atoms with Crippen molar-refractivity contribution in [1.82, 2.24) is 20.3 Å². The van der Waals surface area contributed by atoms with Gasteiger partial charge in [-0.3, -0.25) is 4.79 Å². The van der Waals surface area contributed by atoms with Gasteiger partial charge in [-0.15, -0.1) is 11.3 Å². The third kappa shape index (κ3) is 5.27. The fraction of sp³-hybridized carbons (Fsp3) is 0.333. The Morgan fingerprint density at radius 1 is 1.31 bits per heavy atom. The van der Waals surface area contributed by atoms with E-state index in [1.165, 1.54) is 25.4 Å². The molecule has 0 radical (unpaired) electrons. The first-order chi connectivity index (χ1) is 13.6. The van der Waals surface area contributed by atoms with Crippen molar-refractivity contribution in [2.24, 2.45) is 0 Å². The van der Waals surface area contributed by atoms with Gasteiger partial charge in [0.15, 0.2) is 5.01 Å². The quantitative estimate of drug-likeness (QED) is 0.577. The summed E-state index contributed by atoms with van der Waals surface area (Å²) in [6.45, 7) is 4.23. The van der Waals surface area contributed by atoms with E-state index >= 15 is 0 Å². The maximum Gasteiger partial charge on any atom is 0.296 e. The number of carbonyl (C=O) groups is 1. The highest BCUT2D eigenvalue weighted by atomic mass is 35.5. The van der Waals surface area contributed by atoms with Gasteiger partial charge in [-0.1, -0.05) is 11.6 Å². The van der Waals surface area contributed by atoms with Crippen molar-refractivity contribution in [2.45, 2.75) is 32.7 Å². The van der Waals surface area contributed by atoms with Gasteiger partial charge in [0.25, 0.3) is 5.92 Å². The van der Waals surface area contributed by atoms with Crippen LogP contribution in [0.5, 0.6) is 17.5 Å². The van der Waals surface area contributed by atoms with Crippen LogP contribution in [0.1, 0.15) is 25.8 Å². The van der Waals surface area contributed by atoms with Gasteiger partial charge in [0.1, 0.15) is 17.4 Å². The predicted molar refractivity (Wildman–Crippen MR) is 105 cm³/mol. The van der Waals surface area contributed by atoms with E-state index in [0.717, 1.165) is 18.3 Å². The molecule has 2 heterocycles. The Bertz CT molecular complexity index is 1020. The lowest BCUT2D eigenvalue weighted by Crippen LogP contribution is -2.35. The Labute approximate surface area is 174 Å². The fourth-order valence-corrected chi connectivity index (χ4v) is 3.59. The van der Waals surface area contributed by atoms with Crippen LogP contribution in [0.2, 0.25) is 5.02 Å². The molecule has 29 heavy (non-hydrogen) atoms. The van der Waals surface area contributed by atoms with Crippen molar-refractivity contribution < 1.29 is 23.0 Å². The van der Waals surface area contributed by atoms with Gasteiger partial charge in [-0.25, -0.2) is 15.0 Å². The molecule has 0 spiro atoms. The van der Waals surface area contributed by atoms with Gasteiger partial charge in [-0.2, -0.15) is 8.78 Å². The van der Waals surface area contributed by atoms with Gasteiger partial charge in [-0.05, 0) is 19.1 Å². The van der Waals surface area contributed by atoms with Crippen LogP contribution in [-0.2, 0) is 10.7 Å². The molecule has 3 aromatic rings. The number of amides is 1. The molecule has 0 aliphatic heterocycles. The van der Waals surface area contributed by atoms with E-state index < -0.39 is 5.92 Å². The lowest BCUT2D eigenvalue weighted by molar-refractivity contribution is -0.119. The highest BCUT2D eigenvalue weighted by molar-refractivity contribution is 7.19. The average Bonchev–Trinajstić information content (AvgIpc) is 3.08. The zero-order valence-corrected chi connectivity index (χ0v) is 17.3. The predicted octanol–water partition coefficient (Wildman–Crippen LogP) is 4.55. The van der Waals surface area contributed by atoms with Crippen LogP contribution >= 0.6 is 22.9 Å². The van der Waals surface area contributed by atoms with Crippen molar-refractivity contribution in [1.29, 1.82) is 0 Å². The summed E-state index contributed by atoms with van der Waals surface area (Å²) in [5.74, 6) is -2.55. The molecule has 0 saturated carbocycles. The molecule has 1 unspecified atom stereocenters. The normalized spacial score (nSPS) is 12.6. The van der Waals surface area contributed by atoms with Crippen LogP contribution < -0.4 is 14.8 Å². The van der Waals surface area contributed by atoms with Gasteiger partial charge in [0.05, 0.1) is 28.7 Å². The minimum atomic E-state index is -3.05. The molecule has 0 fully saturated rings. The third-order valence-electron chi connectivity index (χ3n) is 3.59. The third-order valence-corrected chi connectivity index (χ3v) is 5.33. The molecule has 0 saturated heterocycles. The zero-order chi connectivity index (χ0) is 21.2. The summed E-state index contributed by atoms with van der Waals surface area (Å²) in [7, 11) is 0. The number of nitrogens with zero attached hydrogens (tertiary/aromatic N) is 3. The van der Waals surface area contributed by atoms with Crippen molar-refractivity contribution in [2.75, 3.05) is 6.61 Å². The molecule has 1 atom stereocenters. The second kappa shape index (κ2) is 8.42. The number of aromatic nitrogens is 3. The van der Waals surface area contributed by atoms with Crippen LogP contribution in [-0.4, -0.2) is 33.5 Å². The highest BCUT2D eigenvalue weighted by Gasteiger charge is 2.29. The minimum absolute atomic E-state index is 0.152. The first kappa shape index (κ1) is 21.1. The minimum Gasteiger partial charge on any atom is -0.474 e. The number of halogens is 3. The van der Waals surface area contributed by atoms with Gasteiger partial charge < -0.3 is 14.8 Å². The van der Waals surface area contributed by atoms with Gasteiger partial charge >= 0.3 is 0 Å². The van der Waals surface area contributed by atoms with Crippen LogP contribution in [0.3, 0.4) is 0 Å². The number of hydrogen-bond donors (Lipinski definition) is 1. The van der Waals surface area contributed by atoms with E-state index in [9.17, 15) is 13.6 Å². The van der Waals surface area contributed by atoms with Crippen LogP contribution in [0, 0.1) is 0 Å². The summed E-state index contributed by atoms with van der Waals surface area (Å²) < 4.78 is 38.5. The second-order valence-corrected chi connectivity index (χ2v) is 7.72. The molecule has 0 aliphatic rings. The number of hydrogen-bond acceptors (Lipinski definition) is 7. The lowest BCUT2D eigenvalue weighted by atomic mass is 10.3. The number of thiazole rings is 1. The molecule has 1 aromatic carbocycles. The summed E-state index contributed by atoms with van der Waals surface area (Å²) >= 11 is 7.12. The number of rotatable bonds is 7. The Morgan fingerprint density at radius 2 is 2.00 bits per heavy atom. The maximum atomic E-state index is 13.5. The largest absolute Gasteiger partial charge is 0.474 e. The lowest BCUT2D eigenvalue weighted by Gasteiger charge is -2.13. The number of benzene rings is 1. The fourth-order valence-electron chi connectivity index (χ4n) is 2.35. The number of fused-ring (bicyclic) bond motifs is 1. The molecule has 154 valence electrons. The average molecular weight is 443 g/mol. The van der Waals surface area contributed by atoms with Crippen LogP contribution in [0.4, 0.5) is 8.78 Å². The molecule has 7 nitrogen and oxygen atoms in total. The second-order valence-electron chi connectivity index (χ2n) is 6.34. The molecular formula is C18H17ClF2N4O3S. The smallest absolute Gasteiger partial charge is 0.296 e. The van der Waals surface area contributed by atoms with E-state index in [4.69, 9.17) is 21.1 Å². The first-order valence-electron chi connectivity index (χ1n) is 8.50. The summed E-state index contributed by atoms with van der Waals surface area (Å²) in [6, 6.07) is 2.90. The first-order valence-corrected chi connectivity index (χ1v) is 9.70. The van der Waals surface area contributed by atoms with E-state index in [1.807, 2.05) is 0 Å². The molecular weight excluding hydrogens is 426 g/mol. The molecule has 1 N–H and O–H groups in total. The Hall–Kier alpha value is -2.59. The van der Waals surface area contributed by atoms with Crippen molar-refractivity contribution in [3.05, 3.63) is 34.6 Å². The van der Waals surface area contributed by atoms with Crippen molar-refractivity contribution >= 4 is 39.1 Å². The summed E-state index contributed by atoms with van der Waals surface area (Å²) in [5.41, 5.74) is 0.368. The number of nitrogens with one attached hydrogen (secondary N) is 1. The molecule has 1 amide bonds. The van der Waals surface area contributed by atoms with E-state index in [1.54, 1.807) is 13.0 Å². The zero-order valence-electron chi connectivity index (χ0n) is 15.7. The Balaban J connectivity index is 1.70. The number of carbonyl (C=O) groups excluding carboxylic acids is 1. The SMILES string of the molecule is CC(=O)NC(C)COc1cnc(Oc2ccc3nc(C(C)(F)F)sc3c2Cl)cn1. The van der Waals surface area contributed by atoms with Crippen molar-refractivity contribution in [3.63, 3.8) is 0 Å². The molecule has 0 aliphatic carbocycles. The monoisotopic (exact) mass is 442 g/mol. The standard InChI is InChI=1S/C18H17ClF2N4O3S/c1-9(24-10(2)26)8-27-13-6-23-14(7-22-13)28-12-5-4-11-16(15(12)19)29-17(25-11)18(3,20)21/h4-7,9H,8H2,1-3H3,(H,24,26). The van der Waals surface area contributed by atoms with Crippen LogP contribution in [0.25, 0.3) is 10.2 Å². The van der Waals surface area contributed by atoms with E-state index in [2.05, 4.69) is 20.3 Å². The van der Waals surface area contributed by atoms with Crippen molar-refractivity contribution in [3.8, 4) is 17.5 Å². The van der Waals surface area contributed by atoms with Gasteiger partial charge in [0, 0.05) is 13.8 Å². The van der Waals surface area contributed by atoms with E-state index in [-0.39, 0.29) is 46.1 Å². The summed E-state index contributed by atoms with van der Waals surface area (Å²) in [4.78, 5) is 23.1. The molecule has 0 bridgehead atoms. The summed E-state index contributed by atoms with van der Waals surface area (Å²) in [6.07, 6.45) is 2.71. The molecule has 11 heteroatoms. The topological polar surface area (TPSA) is 86.2 Å². The number of alkyl halides is 2. The Kier molecular flexibility index (Phi) is 6.13. The maximum absolute atomic E-state index is 13.5. The highest BCUT2D eigenvalue weighted by Crippen LogP contribution is 2.41.